The van der Waals surface area contributed by atoms with Gasteiger partial charge in [-0.2, -0.15) is 0 Å². The van der Waals surface area contributed by atoms with Crippen LogP contribution in [0.5, 0.6) is 0 Å². The van der Waals surface area contributed by atoms with Crippen molar-refractivity contribution >= 4 is 15.7 Å². The van der Waals surface area contributed by atoms with Crippen LogP contribution in [-0.2, 0) is 10.0 Å². The molecular formula is C14H23N3O2S. The molecule has 1 saturated carbocycles. The van der Waals surface area contributed by atoms with Crippen LogP contribution in [0.1, 0.15) is 26.7 Å². The zero-order valence-electron chi connectivity index (χ0n) is 12.0. The minimum atomic E-state index is -3.36. The molecule has 1 fully saturated rings. The van der Waals surface area contributed by atoms with Gasteiger partial charge in [0.05, 0.1) is 4.90 Å². The van der Waals surface area contributed by atoms with Crippen LogP contribution >= 0.6 is 0 Å². The van der Waals surface area contributed by atoms with Crippen molar-refractivity contribution in [2.24, 2.45) is 11.1 Å². The van der Waals surface area contributed by atoms with Gasteiger partial charge in [-0.3, -0.25) is 0 Å². The quantitative estimate of drug-likeness (QED) is 0.712. The van der Waals surface area contributed by atoms with E-state index in [0.717, 1.165) is 25.1 Å². The van der Waals surface area contributed by atoms with Crippen LogP contribution in [0.3, 0.4) is 0 Å². The standard InChI is InChI=1S/C14H23N3O2S/c1-14(2,9-15)10-16-11-5-7-13(8-6-11)20(18,19)17-12-3-4-12/h5-8,12,16-17H,3-4,9-10,15H2,1-2H3. The monoisotopic (exact) mass is 297 g/mol. The molecule has 1 aromatic rings. The predicted molar refractivity (Wildman–Crippen MR) is 81.1 cm³/mol. The van der Waals surface area contributed by atoms with Gasteiger partial charge in [-0.15, -0.1) is 0 Å². The number of hydrogen-bond donors (Lipinski definition) is 3. The second-order valence-electron chi connectivity index (χ2n) is 6.14. The molecule has 6 heteroatoms. The van der Waals surface area contributed by atoms with Gasteiger partial charge >= 0.3 is 0 Å². The molecule has 2 rings (SSSR count). The molecule has 0 aromatic heterocycles. The Morgan fingerprint density at radius 1 is 1.25 bits per heavy atom. The molecule has 1 aliphatic rings. The van der Waals surface area contributed by atoms with E-state index < -0.39 is 10.0 Å². The van der Waals surface area contributed by atoms with E-state index in [1.807, 2.05) is 0 Å². The Labute approximate surface area is 121 Å². The first-order valence-corrected chi connectivity index (χ1v) is 8.37. The van der Waals surface area contributed by atoms with E-state index in [1.165, 1.54) is 0 Å². The van der Waals surface area contributed by atoms with E-state index in [2.05, 4.69) is 23.9 Å². The fraction of sp³-hybridized carbons (Fsp3) is 0.571. The third-order valence-corrected chi connectivity index (χ3v) is 4.92. The van der Waals surface area contributed by atoms with Crippen molar-refractivity contribution in [2.45, 2.75) is 37.6 Å². The summed E-state index contributed by atoms with van der Waals surface area (Å²) >= 11 is 0. The molecule has 0 amide bonds. The average Bonchev–Trinajstić information content (AvgIpc) is 3.20. The summed E-state index contributed by atoms with van der Waals surface area (Å²) in [6, 6.07) is 6.95. The Morgan fingerprint density at radius 3 is 2.35 bits per heavy atom. The van der Waals surface area contributed by atoms with Crippen molar-refractivity contribution in [3.05, 3.63) is 24.3 Å². The van der Waals surface area contributed by atoms with E-state index >= 15 is 0 Å². The van der Waals surface area contributed by atoms with Crippen LogP contribution in [0.15, 0.2) is 29.2 Å². The van der Waals surface area contributed by atoms with Crippen molar-refractivity contribution in [2.75, 3.05) is 18.4 Å². The first-order valence-electron chi connectivity index (χ1n) is 6.89. The van der Waals surface area contributed by atoms with Crippen molar-refractivity contribution in [3.63, 3.8) is 0 Å². The Bertz CT molecular complexity index is 548. The van der Waals surface area contributed by atoms with Gasteiger partial charge in [0.1, 0.15) is 0 Å². The molecule has 20 heavy (non-hydrogen) atoms. The van der Waals surface area contributed by atoms with E-state index in [-0.39, 0.29) is 11.5 Å². The van der Waals surface area contributed by atoms with Crippen LogP contribution in [0.25, 0.3) is 0 Å². The number of nitrogens with two attached hydrogens (primary N) is 1. The molecule has 0 bridgehead atoms. The molecule has 0 unspecified atom stereocenters. The van der Waals surface area contributed by atoms with Crippen LogP contribution in [-0.4, -0.2) is 27.5 Å². The number of anilines is 1. The molecule has 0 aliphatic heterocycles. The molecular weight excluding hydrogens is 274 g/mol. The fourth-order valence-electron chi connectivity index (χ4n) is 1.65. The zero-order chi connectivity index (χ0) is 14.8. The van der Waals surface area contributed by atoms with Gasteiger partial charge in [-0.1, -0.05) is 13.8 Å². The molecule has 0 heterocycles. The number of nitrogens with one attached hydrogen (secondary N) is 2. The van der Waals surface area contributed by atoms with Gasteiger partial charge in [0.2, 0.25) is 10.0 Å². The summed E-state index contributed by atoms with van der Waals surface area (Å²) < 4.78 is 26.7. The minimum absolute atomic E-state index is 0.0122. The summed E-state index contributed by atoms with van der Waals surface area (Å²) in [6.45, 7) is 5.50. The lowest BCUT2D eigenvalue weighted by atomic mass is 9.94. The fourth-order valence-corrected chi connectivity index (χ4v) is 2.96. The van der Waals surface area contributed by atoms with E-state index in [9.17, 15) is 8.42 Å². The first kappa shape index (κ1) is 15.3. The number of benzene rings is 1. The highest BCUT2D eigenvalue weighted by Gasteiger charge is 2.27. The zero-order valence-corrected chi connectivity index (χ0v) is 12.8. The molecule has 0 saturated heterocycles. The smallest absolute Gasteiger partial charge is 0.240 e. The van der Waals surface area contributed by atoms with Crippen LogP contribution < -0.4 is 15.8 Å². The van der Waals surface area contributed by atoms with Crippen molar-refractivity contribution in [3.8, 4) is 0 Å². The van der Waals surface area contributed by atoms with E-state index in [0.29, 0.717) is 11.4 Å². The second kappa shape index (κ2) is 5.71. The molecule has 0 spiro atoms. The number of sulfonamides is 1. The van der Waals surface area contributed by atoms with Gasteiger partial charge < -0.3 is 11.1 Å². The number of hydrogen-bond acceptors (Lipinski definition) is 4. The summed E-state index contributed by atoms with van der Waals surface area (Å²) in [7, 11) is -3.36. The summed E-state index contributed by atoms with van der Waals surface area (Å²) in [6.07, 6.45) is 1.88. The minimum Gasteiger partial charge on any atom is -0.384 e. The van der Waals surface area contributed by atoms with Gasteiger partial charge in [0, 0.05) is 18.3 Å². The number of rotatable bonds is 7. The topological polar surface area (TPSA) is 84.2 Å². The Morgan fingerprint density at radius 2 is 1.85 bits per heavy atom. The highest BCUT2D eigenvalue weighted by molar-refractivity contribution is 7.89. The van der Waals surface area contributed by atoms with E-state index in [1.54, 1.807) is 24.3 Å². The second-order valence-corrected chi connectivity index (χ2v) is 7.86. The first-order chi connectivity index (χ1) is 9.32. The lowest BCUT2D eigenvalue weighted by Crippen LogP contribution is -2.31. The van der Waals surface area contributed by atoms with Crippen LogP contribution in [0.4, 0.5) is 5.69 Å². The lowest BCUT2D eigenvalue weighted by Gasteiger charge is -2.23. The molecule has 112 valence electrons. The van der Waals surface area contributed by atoms with Gasteiger partial charge in [0.15, 0.2) is 0 Å². The Hall–Kier alpha value is -1.11. The Balaban J connectivity index is 1.99. The summed E-state index contributed by atoms with van der Waals surface area (Å²) in [5.41, 5.74) is 6.59. The molecule has 0 radical (unpaired) electrons. The maximum atomic E-state index is 12.0. The van der Waals surface area contributed by atoms with Gasteiger partial charge in [0.25, 0.3) is 0 Å². The average molecular weight is 297 g/mol. The van der Waals surface area contributed by atoms with Crippen molar-refractivity contribution in [1.29, 1.82) is 0 Å². The molecule has 1 aromatic carbocycles. The third kappa shape index (κ3) is 4.19. The lowest BCUT2D eigenvalue weighted by molar-refractivity contribution is 0.405. The molecule has 5 nitrogen and oxygen atoms in total. The predicted octanol–water partition coefficient (Wildman–Crippen LogP) is 1.52. The molecule has 0 atom stereocenters. The van der Waals surface area contributed by atoms with Gasteiger partial charge in [-0.25, -0.2) is 13.1 Å². The molecule has 1 aliphatic carbocycles. The van der Waals surface area contributed by atoms with Crippen LogP contribution in [0.2, 0.25) is 0 Å². The maximum absolute atomic E-state index is 12.0. The highest BCUT2D eigenvalue weighted by atomic mass is 32.2. The summed E-state index contributed by atoms with van der Waals surface area (Å²) in [5, 5.41) is 3.27. The normalized spacial score (nSPS) is 16.1. The largest absolute Gasteiger partial charge is 0.384 e. The van der Waals surface area contributed by atoms with E-state index in [4.69, 9.17) is 5.73 Å². The summed E-state index contributed by atoms with van der Waals surface area (Å²) in [5.74, 6) is 0. The van der Waals surface area contributed by atoms with Crippen LogP contribution in [0, 0.1) is 5.41 Å². The SMILES string of the molecule is CC(C)(CN)CNc1ccc(S(=O)(=O)NC2CC2)cc1. The maximum Gasteiger partial charge on any atom is 0.240 e. The van der Waals surface area contributed by atoms with Crippen molar-refractivity contribution < 1.29 is 8.42 Å². The van der Waals surface area contributed by atoms with Gasteiger partial charge in [-0.05, 0) is 49.1 Å². The third-order valence-electron chi connectivity index (χ3n) is 3.39. The molecule has 4 N–H and O–H groups in total. The Kier molecular flexibility index (Phi) is 4.36. The summed E-state index contributed by atoms with van der Waals surface area (Å²) in [4.78, 5) is 0.313. The van der Waals surface area contributed by atoms with Crippen molar-refractivity contribution in [1.82, 2.24) is 4.72 Å². The highest BCUT2D eigenvalue weighted by Crippen LogP contribution is 2.23.